The third-order valence-corrected chi connectivity index (χ3v) is 5.60. The smallest absolute Gasteiger partial charge is 0.318 e. The molecule has 2 heterocycles. The first kappa shape index (κ1) is 18.2. The highest BCUT2D eigenvalue weighted by Crippen LogP contribution is 2.20. The Morgan fingerprint density at radius 3 is 2.52 bits per heavy atom. The maximum absolute atomic E-state index is 12.9. The highest BCUT2D eigenvalue weighted by molar-refractivity contribution is 5.75. The molecule has 0 unspecified atom stereocenters. The van der Waals surface area contributed by atoms with Crippen LogP contribution in [0.5, 0.6) is 0 Å². The van der Waals surface area contributed by atoms with E-state index in [0.29, 0.717) is 6.04 Å². The van der Waals surface area contributed by atoms with E-state index in [1.165, 1.54) is 12.0 Å². The molecule has 25 heavy (non-hydrogen) atoms. The molecule has 2 amide bonds. The Kier molecular flexibility index (Phi) is 6.32. The van der Waals surface area contributed by atoms with Crippen LogP contribution in [0.25, 0.3) is 0 Å². The monoisotopic (exact) mass is 344 g/mol. The summed E-state index contributed by atoms with van der Waals surface area (Å²) in [5, 5.41) is 3.32. The van der Waals surface area contributed by atoms with Gasteiger partial charge in [-0.25, -0.2) is 4.79 Å². The van der Waals surface area contributed by atoms with E-state index in [1.807, 2.05) is 11.0 Å². The van der Waals surface area contributed by atoms with Crippen molar-refractivity contribution >= 4 is 6.03 Å². The predicted molar refractivity (Wildman–Crippen MR) is 102 cm³/mol. The summed E-state index contributed by atoms with van der Waals surface area (Å²) in [6, 6.07) is 10.9. The maximum Gasteiger partial charge on any atom is 0.318 e. The van der Waals surface area contributed by atoms with Crippen LogP contribution >= 0.6 is 0 Å². The molecule has 1 aromatic carbocycles. The second kappa shape index (κ2) is 8.68. The molecule has 2 aliphatic rings. The van der Waals surface area contributed by atoms with Crippen LogP contribution in [0.3, 0.4) is 0 Å². The molecular weight excluding hydrogens is 312 g/mol. The van der Waals surface area contributed by atoms with Crippen molar-refractivity contribution in [2.24, 2.45) is 0 Å². The Morgan fingerprint density at radius 2 is 1.84 bits per heavy atom. The van der Waals surface area contributed by atoms with Crippen molar-refractivity contribution in [2.75, 3.05) is 46.3 Å². The number of piperazine rings is 1. The average Bonchev–Trinajstić information content (AvgIpc) is 2.64. The molecule has 2 atom stereocenters. The molecule has 1 aromatic rings. The highest BCUT2D eigenvalue weighted by atomic mass is 16.2. The normalized spacial score (nSPS) is 24.1. The second-order valence-electron chi connectivity index (χ2n) is 7.55. The van der Waals surface area contributed by atoms with Crippen molar-refractivity contribution in [2.45, 2.75) is 38.3 Å². The van der Waals surface area contributed by atoms with Gasteiger partial charge >= 0.3 is 6.03 Å². The van der Waals surface area contributed by atoms with Gasteiger partial charge in [-0.15, -0.1) is 0 Å². The lowest BCUT2D eigenvalue weighted by Gasteiger charge is -2.37. The van der Waals surface area contributed by atoms with Gasteiger partial charge in [0.2, 0.25) is 0 Å². The van der Waals surface area contributed by atoms with Gasteiger partial charge in [-0.05, 0) is 38.8 Å². The zero-order valence-electron chi connectivity index (χ0n) is 15.7. The van der Waals surface area contributed by atoms with E-state index >= 15 is 0 Å². The van der Waals surface area contributed by atoms with Crippen LogP contribution in [0.15, 0.2) is 30.3 Å². The molecule has 0 aromatic heterocycles. The number of amides is 2. The number of hydrogen-bond acceptors (Lipinski definition) is 3. The third-order valence-electron chi connectivity index (χ3n) is 5.60. The molecule has 1 N–H and O–H groups in total. The van der Waals surface area contributed by atoms with Crippen molar-refractivity contribution in [3.63, 3.8) is 0 Å². The van der Waals surface area contributed by atoms with Crippen molar-refractivity contribution in [3.05, 3.63) is 35.9 Å². The summed E-state index contributed by atoms with van der Waals surface area (Å²) < 4.78 is 0. The topological polar surface area (TPSA) is 38.8 Å². The first-order valence-electron chi connectivity index (χ1n) is 9.66. The Balaban J connectivity index is 1.67. The van der Waals surface area contributed by atoms with E-state index in [2.05, 4.69) is 53.4 Å². The number of likely N-dealkylation sites (N-methyl/N-ethyl adjacent to an activating group) is 1. The highest BCUT2D eigenvalue weighted by Gasteiger charge is 2.27. The standard InChI is InChI=1S/C20H32N4O/c1-17-8-6-7-11-24(17)20(25)21-19(18-9-4-3-5-10-18)16-23-14-12-22(2)13-15-23/h3-5,9-10,17,19H,6-8,11-16H2,1-2H3,(H,21,25)/t17-,19-/m1/s1. The third kappa shape index (κ3) is 4.95. The van der Waals surface area contributed by atoms with Gasteiger partial charge in [-0.3, -0.25) is 4.90 Å². The fourth-order valence-electron chi connectivity index (χ4n) is 3.84. The Hall–Kier alpha value is -1.59. The van der Waals surface area contributed by atoms with Crippen molar-refractivity contribution in [3.8, 4) is 0 Å². The first-order chi connectivity index (χ1) is 12.1. The lowest BCUT2D eigenvalue weighted by molar-refractivity contribution is 0.131. The van der Waals surface area contributed by atoms with Gasteiger partial charge in [0.05, 0.1) is 6.04 Å². The predicted octanol–water partition coefficient (Wildman–Crippen LogP) is 2.56. The van der Waals surface area contributed by atoms with Gasteiger partial charge in [0.25, 0.3) is 0 Å². The summed E-state index contributed by atoms with van der Waals surface area (Å²) in [5.41, 5.74) is 1.19. The van der Waals surface area contributed by atoms with Crippen molar-refractivity contribution in [1.29, 1.82) is 0 Å². The first-order valence-corrected chi connectivity index (χ1v) is 9.66. The minimum Gasteiger partial charge on any atom is -0.330 e. The van der Waals surface area contributed by atoms with Gasteiger partial charge in [0, 0.05) is 45.3 Å². The molecule has 2 aliphatic heterocycles. The van der Waals surface area contributed by atoms with Gasteiger partial charge in [0.1, 0.15) is 0 Å². The molecule has 3 rings (SSSR count). The number of carbonyl (C=O) groups excluding carboxylic acids is 1. The molecule has 0 aliphatic carbocycles. The number of likely N-dealkylation sites (tertiary alicyclic amines) is 1. The number of rotatable bonds is 4. The molecule has 0 saturated carbocycles. The summed E-state index contributed by atoms with van der Waals surface area (Å²) in [7, 11) is 2.17. The van der Waals surface area contributed by atoms with Crippen LogP contribution in [0.2, 0.25) is 0 Å². The minimum absolute atomic E-state index is 0.0474. The molecule has 0 radical (unpaired) electrons. The number of piperidine rings is 1. The summed E-state index contributed by atoms with van der Waals surface area (Å²) >= 11 is 0. The van der Waals surface area contributed by atoms with Crippen molar-refractivity contribution < 1.29 is 4.79 Å². The average molecular weight is 345 g/mol. The van der Waals surface area contributed by atoms with Crippen LogP contribution < -0.4 is 5.32 Å². The van der Waals surface area contributed by atoms with Gasteiger partial charge in [-0.2, -0.15) is 0 Å². The SMILES string of the molecule is C[C@@H]1CCCCN1C(=O)N[C@H](CN1CCN(C)CC1)c1ccccc1. The fraction of sp³-hybridized carbons (Fsp3) is 0.650. The number of nitrogens with zero attached hydrogens (tertiary/aromatic N) is 3. The fourth-order valence-corrected chi connectivity index (χ4v) is 3.84. The number of benzene rings is 1. The molecule has 138 valence electrons. The number of hydrogen-bond donors (Lipinski definition) is 1. The Morgan fingerprint density at radius 1 is 1.12 bits per heavy atom. The van der Waals surface area contributed by atoms with E-state index in [0.717, 1.165) is 52.1 Å². The second-order valence-corrected chi connectivity index (χ2v) is 7.55. The summed E-state index contributed by atoms with van der Waals surface area (Å²) in [4.78, 5) is 19.7. The molecule has 5 heteroatoms. The molecule has 5 nitrogen and oxygen atoms in total. The van der Waals surface area contributed by atoms with Crippen LogP contribution in [0, 0.1) is 0 Å². The van der Waals surface area contributed by atoms with Crippen LogP contribution in [-0.4, -0.2) is 73.1 Å². The number of nitrogens with one attached hydrogen (secondary N) is 1. The molecule has 2 saturated heterocycles. The molecule has 0 spiro atoms. The van der Waals surface area contributed by atoms with Gasteiger partial charge in [-0.1, -0.05) is 30.3 Å². The Labute approximate surface area is 152 Å². The number of carbonyl (C=O) groups is 1. The van der Waals surface area contributed by atoms with E-state index < -0.39 is 0 Å². The minimum atomic E-state index is 0.0474. The molecular formula is C20H32N4O. The van der Waals surface area contributed by atoms with E-state index in [-0.39, 0.29) is 12.1 Å². The zero-order chi connectivity index (χ0) is 17.6. The number of urea groups is 1. The largest absolute Gasteiger partial charge is 0.330 e. The zero-order valence-corrected chi connectivity index (χ0v) is 15.7. The van der Waals surface area contributed by atoms with Crippen LogP contribution in [0.4, 0.5) is 4.79 Å². The van der Waals surface area contributed by atoms with E-state index in [9.17, 15) is 4.79 Å². The molecule has 2 fully saturated rings. The summed E-state index contributed by atoms with van der Waals surface area (Å²) in [5.74, 6) is 0. The van der Waals surface area contributed by atoms with Gasteiger partial charge < -0.3 is 15.1 Å². The van der Waals surface area contributed by atoms with E-state index in [4.69, 9.17) is 0 Å². The summed E-state index contributed by atoms with van der Waals surface area (Å²) in [6.45, 7) is 8.24. The summed E-state index contributed by atoms with van der Waals surface area (Å²) in [6.07, 6.45) is 3.46. The van der Waals surface area contributed by atoms with Crippen LogP contribution in [0.1, 0.15) is 37.8 Å². The van der Waals surface area contributed by atoms with Gasteiger partial charge in [0.15, 0.2) is 0 Å². The quantitative estimate of drug-likeness (QED) is 0.912. The van der Waals surface area contributed by atoms with Crippen LogP contribution in [-0.2, 0) is 0 Å². The van der Waals surface area contributed by atoms with Crippen molar-refractivity contribution in [1.82, 2.24) is 20.0 Å². The lowest BCUT2D eigenvalue weighted by Crippen LogP contribution is -2.51. The molecule has 0 bridgehead atoms. The maximum atomic E-state index is 12.9. The van der Waals surface area contributed by atoms with E-state index in [1.54, 1.807) is 0 Å². The lowest BCUT2D eigenvalue weighted by atomic mass is 10.0. The Bertz CT molecular complexity index is 542.